The summed E-state index contributed by atoms with van der Waals surface area (Å²) in [7, 11) is 3.63. The van der Waals surface area contributed by atoms with Crippen molar-refractivity contribution in [2.45, 2.75) is 32.7 Å². The predicted octanol–water partition coefficient (Wildman–Crippen LogP) is 1.20. The molecule has 0 spiro atoms. The fraction of sp³-hybridized carbons (Fsp3) is 0.667. The Morgan fingerprint density at radius 3 is 2.30 bits per heavy atom. The van der Waals surface area contributed by atoms with E-state index in [-0.39, 0.29) is 5.91 Å². The number of likely N-dealkylation sites (N-methyl/N-ethyl adjacent to an activating group) is 1. The number of carbonyl (C=O) groups is 1. The third kappa shape index (κ3) is 3.54. The first-order valence-corrected chi connectivity index (χ1v) is 7.31. The lowest BCUT2D eigenvalue weighted by atomic mass is 10.1. The molecular weight excluding hydrogens is 252 g/mol. The molecule has 2 rings (SSSR count). The lowest BCUT2D eigenvalue weighted by Crippen LogP contribution is -2.45. The van der Waals surface area contributed by atoms with Gasteiger partial charge in [0.05, 0.1) is 6.54 Å². The van der Waals surface area contributed by atoms with Crippen LogP contribution in [0, 0.1) is 13.8 Å². The molecule has 5 heteroatoms. The van der Waals surface area contributed by atoms with E-state index in [0.29, 0.717) is 12.6 Å². The van der Waals surface area contributed by atoms with Gasteiger partial charge in [0.25, 0.3) is 0 Å². The van der Waals surface area contributed by atoms with Crippen LogP contribution in [0.3, 0.4) is 0 Å². The number of hydrogen-bond acceptors (Lipinski definition) is 3. The van der Waals surface area contributed by atoms with Crippen LogP contribution in [0.1, 0.15) is 24.2 Å². The fourth-order valence-corrected chi connectivity index (χ4v) is 2.61. The van der Waals surface area contributed by atoms with Crippen molar-refractivity contribution in [3.05, 3.63) is 23.5 Å². The summed E-state index contributed by atoms with van der Waals surface area (Å²) < 4.78 is 2.17. The molecule has 0 bridgehead atoms. The molecule has 1 aliphatic rings. The molecule has 20 heavy (non-hydrogen) atoms. The Kier molecular flexibility index (Phi) is 4.70. The minimum atomic E-state index is 0.188. The molecule has 1 N–H and O–H groups in total. The second kappa shape index (κ2) is 6.31. The van der Waals surface area contributed by atoms with Gasteiger partial charge in [0.2, 0.25) is 5.91 Å². The van der Waals surface area contributed by atoms with Crippen LogP contribution in [0.5, 0.6) is 0 Å². The highest BCUT2D eigenvalue weighted by molar-refractivity contribution is 5.77. The summed E-state index contributed by atoms with van der Waals surface area (Å²) in [4.78, 5) is 15.6. The molecule has 0 radical (unpaired) electrons. The maximum absolute atomic E-state index is 11.7. The van der Waals surface area contributed by atoms with Gasteiger partial charge in [0.1, 0.15) is 0 Å². The average Bonchev–Trinajstić information content (AvgIpc) is 2.72. The predicted molar refractivity (Wildman–Crippen MR) is 81.4 cm³/mol. The van der Waals surface area contributed by atoms with E-state index < -0.39 is 0 Å². The number of amides is 1. The monoisotopic (exact) mass is 278 g/mol. The molecule has 0 saturated carbocycles. The lowest BCUT2D eigenvalue weighted by Gasteiger charge is -2.33. The van der Waals surface area contributed by atoms with E-state index in [2.05, 4.69) is 41.0 Å². The smallest absolute Gasteiger partial charge is 0.236 e. The minimum Gasteiger partial charge on any atom is -0.348 e. The Balaban J connectivity index is 1.81. The van der Waals surface area contributed by atoms with Crippen LogP contribution in [-0.4, -0.2) is 60.2 Å². The van der Waals surface area contributed by atoms with E-state index in [4.69, 9.17) is 0 Å². The molecule has 0 aliphatic carbocycles. The van der Waals surface area contributed by atoms with E-state index in [1.165, 1.54) is 11.4 Å². The lowest BCUT2D eigenvalue weighted by molar-refractivity contribution is -0.130. The summed E-state index contributed by atoms with van der Waals surface area (Å²) in [6.07, 6.45) is 2.16. The Morgan fingerprint density at radius 1 is 1.25 bits per heavy atom. The number of aryl methyl sites for hydroxylation is 2. The number of aromatic nitrogens is 1. The highest BCUT2D eigenvalue weighted by Crippen LogP contribution is 2.13. The van der Waals surface area contributed by atoms with Crippen LogP contribution in [0.15, 0.2) is 12.1 Å². The van der Waals surface area contributed by atoms with Gasteiger partial charge in [0, 0.05) is 44.6 Å². The van der Waals surface area contributed by atoms with Crippen molar-refractivity contribution in [1.82, 2.24) is 14.5 Å². The maximum Gasteiger partial charge on any atom is 0.236 e. The Bertz CT molecular complexity index is 439. The van der Waals surface area contributed by atoms with Gasteiger partial charge in [-0.2, -0.15) is 0 Å². The number of nitrogens with one attached hydrogen (secondary N) is 1. The first kappa shape index (κ1) is 14.9. The summed E-state index contributed by atoms with van der Waals surface area (Å²) in [5.74, 6) is 0.188. The largest absolute Gasteiger partial charge is 0.348 e. The first-order valence-electron chi connectivity index (χ1n) is 7.31. The van der Waals surface area contributed by atoms with E-state index in [0.717, 1.165) is 25.9 Å². The summed E-state index contributed by atoms with van der Waals surface area (Å²) in [5.41, 5.74) is 6.08. The van der Waals surface area contributed by atoms with Gasteiger partial charge in [-0.25, -0.2) is 0 Å². The number of carbonyl (C=O) groups excluding carboxylic acids is 1. The van der Waals surface area contributed by atoms with Crippen LogP contribution < -0.4 is 5.43 Å². The second-order valence-corrected chi connectivity index (χ2v) is 5.92. The molecule has 5 nitrogen and oxygen atoms in total. The zero-order valence-electron chi connectivity index (χ0n) is 13.0. The van der Waals surface area contributed by atoms with E-state index in [9.17, 15) is 4.79 Å². The number of likely N-dealkylation sites (tertiary alicyclic amines) is 1. The van der Waals surface area contributed by atoms with Crippen molar-refractivity contribution in [3.63, 3.8) is 0 Å². The van der Waals surface area contributed by atoms with Crippen molar-refractivity contribution in [3.8, 4) is 0 Å². The number of nitrogens with zero attached hydrogens (tertiary/aromatic N) is 3. The van der Waals surface area contributed by atoms with Gasteiger partial charge < -0.3 is 10.3 Å². The van der Waals surface area contributed by atoms with Gasteiger partial charge in [-0.1, -0.05) is 0 Å². The van der Waals surface area contributed by atoms with Crippen LogP contribution in [0.2, 0.25) is 0 Å². The first-order chi connectivity index (χ1) is 9.47. The Labute approximate surface area is 121 Å². The SMILES string of the molecule is Cc1ccc(C)n1NC1CCN(CC(=O)N(C)C)CC1. The van der Waals surface area contributed by atoms with E-state index >= 15 is 0 Å². The molecule has 1 aromatic rings. The van der Waals surface area contributed by atoms with Crippen molar-refractivity contribution >= 4 is 5.91 Å². The Morgan fingerprint density at radius 2 is 1.80 bits per heavy atom. The highest BCUT2D eigenvalue weighted by atomic mass is 16.2. The summed E-state index contributed by atoms with van der Waals surface area (Å²) in [6.45, 7) is 6.74. The normalized spacial score (nSPS) is 17.2. The van der Waals surface area contributed by atoms with Gasteiger partial charge in [-0.15, -0.1) is 0 Å². The quantitative estimate of drug-likeness (QED) is 0.900. The fourth-order valence-electron chi connectivity index (χ4n) is 2.61. The molecule has 1 saturated heterocycles. The third-order valence-corrected chi connectivity index (χ3v) is 4.03. The summed E-state index contributed by atoms with van der Waals surface area (Å²) in [5, 5.41) is 0. The molecule has 112 valence electrons. The van der Waals surface area contributed by atoms with Gasteiger partial charge in [-0.3, -0.25) is 14.4 Å². The topological polar surface area (TPSA) is 40.5 Å². The molecule has 2 heterocycles. The average molecular weight is 278 g/mol. The molecule has 0 aromatic carbocycles. The molecule has 1 fully saturated rings. The summed E-state index contributed by atoms with van der Waals surface area (Å²) >= 11 is 0. The standard InChI is InChI=1S/C15H26N4O/c1-12-5-6-13(2)19(12)16-14-7-9-18(10-8-14)11-15(20)17(3)4/h5-6,14,16H,7-11H2,1-4H3. The van der Waals surface area contributed by atoms with Crippen LogP contribution in [0.25, 0.3) is 0 Å². The van der Waals surface area contributed by atoms with Gasteiger partial charge >= 0.3 is 0 Å². The van der Waals surface area contributed by atoms with Crippen molar-refractivity contribution in [2.24, 2.45) is 0 Å². The number of rotatable bonds is 4. The molecular formula is C15H26N4O. The minimum absolute atomic E-state index is 0.188. The second-order valence-electron chi connectivity index (χ2n) is 5.92. The van der Waals surface area contributed by atoms with Crippen molar-refractivity contribution < 1.29 is 4.79 Å². The van der Waals surface area contributed by atoms with Crippen LogP contribution in [-0.2, 0) is 4.79 Å². The van der Waals surface area contributed by atoms with Crippen molar-refractivity contribution in [2.75, 3.05) is 39.2 Å². The maximum atomic E-state index is 11.7. The molecule has 1 aromatic heterocycles. The van der Waals surface area contributed by atoms with Gasteiger partial charge in [-0.05, 0) is 38.8 Å². The third-order valence-electron chi connectivity index (χ3n) is 4.03. The van der Waals surface area contributed by atoms with Crippen LogP contribution >= 0.6 is 0 Å². The Hall–Kier alpha value is -1.49. The summed E-state index contributed by atoms with van der Waals surface area (Å²) in [6, 6.07) is 4.76. The number of piperidine rings is 1. The molecule has 0 unspecified atom stereocenters. The highest BCUT2D eigenvalue weighted by Gasteiger charge is 2.21. The van der Waals surface area contributed by atoms with E-state index in [1.807, 2.05) is 14.1 Å². The van der Waals surface area contributed by atoms with Crippen molar-refractivity contribution in [1.29, 1.82) is 0 Å². The van der Waals surface area contributed by atoms with Gasteiger partial charge in [0.15, 0.2) is 0 Å². The molecule has 0 atom stereocenters. The number of hydrogen-bond donors (Lipinski definition) is 1. The van der Waals surface area contributed by atoms with Crippen LogP contribution in [0.4, 0.5) is 0 Å². The van der Waals surface area contributed by atoms with E-state index in [1.54, 1.807) is 4.90 Å². The zero-order chi connectivity index (χ0) is 14.7. The zero-order valence-corrected chi connectivity index (χ0v) is 13.0. The molecule has 1 amide bonds. The molecule has 1 aliphatic heterocycles.